The van der Waals surface area contributed by atoms with E-state index < -0.39 is 18.5 Å². The standard InChI is InChI=1S/C25H25N3O5/c1-3-32-20-14-12-19(13-15-20)28-24(30)17-8-10-18(11-9-17)27-23(29)16-33-25(31)21-6-4-5-7-22(21)26-2/h4-15,26H,3,16H2,1-2H3,(H,27,29)(H,28,30). The number of amides is 2. The summed E-state index contributed by atoms with van der Waals surface area (Å²) in [5, 5.41) is 8.34. The summed E-state index contributed by atoms with van der Waals surface area (Å²) in [4.78, 5) is 36.8. The highest BCUT2D eigenvalue weighted by Crippen LogP contribution is 2.18. The number of ether oxygens (including phenoxy) is 2. The van der Waals surface area contributed by atoms with Crippen LogP contribution in [-0.4, -0.2) is 38.0 Å². The second kappa shape index (κ2) is 11.3. The fourth-order valence-corrected chi connectivity index (χ4v) is 2.99. The fourth-order valence-electron chi connectivity index (χ4n) is 2.99. The van der Waals surface area contributed by atoms with Crippen molar-refractivity contribution in [2.75, 3.05) is 36.2 Å². The molecule has 0 radical (unpaired) electrons. The van der Waals surface area contributed by atoms with E-state index in [2.05, 4.69) is 16.0 Å². The second-order valence-electron chi connectivity index (χ2n) is 6.91. The summed E-state index contributed by atoms with van der Waals surface area (Å²) in [5.74, 6) is -0.644. The third-order valence-corrected chi connectivity index (χ3v) is 4.60. The van der Waals surface area contributed by atoms with Gasteiger partial charge in [-0.2, -0.15) is 0 Å². The molecule has 0 aliphatic carbocycles. The van der Waals surface area contributed by atoms with Crippen molar-refractivity contribution in [2.45, 2.75) is 6.92 Å². The number of esters is 1. The summed E-state index contributed by atoms with van der Waals surface area (Å²) in [5.41, 5.74) is 2.50. The molecule has 0 aliphatic rings. The van der Waals surface area contributed by atoms with Crippen molar-refractivity contribution in [2.24, 2.45) is 0 Å². The van der Waals surface area contributed by atoms with Crippen LogP contribution in [-0.2, 0) is 9.53 Å². The Balaban J connectivity index is 1.50. The van der Waals surface area contributed by atoms with E-state index >= 15 is 0 Å². The molecular weight excluding hydrogens is 422 g/mol. The maximum absolute atomic E-state index is 12.4. The number of para-hydroxylation sites is 1. The van der Waals surface area contributed by atoms with E-state index in [1.165, 1.54) is 0 Å². The van der Waals surface area contributed by atoms with Gasteiger partial charge in [0.05, 0.1) is 12.2 Å². The first-order chi connectivity index (χ1) is 16.0. The van der Waals surface area contributed by atoms with E-state index in [4.69, 9.17) is 9.47 Å². The molecule has 3 aromatic rings. The van der Waals surface area contributed by atoms with Crippen molar-refractivity contribution < 1.29 is 23.9 Å². The summed E-state index contributed by atoms with van der Waals surface area (Å²) in [6.07, 6.45) is 0. The van der Waals surface area contributed by atoms with E-state index in [1.54, 1.807) is 79.8 Å². The molecule has 0 spiro atoms. The monoisotopic (exact) mass is 447 g/mol. The number of carbonyl (C=O) groups excluding carboxylic acids is 3. The van der Waals surface area contributed by atoms with Crippen LogP contribution in [0.15, 0.2) is 72.8 Å². The molecular formula is C25H25N3O5. The molecule has 8 nitrogen and oxygen atoms in total. The zero-order valence-electron chi connectivity index (χ0n) is 18.4. The lowest BCUT2D eigenvalue weighted by molar-refractivity contribution is -0.119. The first kappa shape index (κ1) is 23.3. The molecule has 0 aliphatic heterocycles. The number of carbonyl (C=O) groups is 3. The van der Waals surface area contributed by atoms with Gasteiger partial charge in [0.1, 0.15) is 5.75 Å². The van der Waals surface area contributed by atoms with Gasteiger partial charge in [0, 0.05) is 29.7 Å². The summed E-state index contributed by atoms with van der Waals surface area (Å²) in [6, 6.07) is 20.3. The molecule has 3 aromatic carbocycles. The molecule has 33 heavy (non-hydrogen) atoms. The van der Waals surface area contributed by atoms with Crippen LogP contribution in [0.3, 0.4) is 0 Å². The van der Waals surface area contributed by atoms with E-state index in [9.17, 15) is 14.4 Å². The summed E-state index contributed by atoms with van der Waals surface area (Å²) in [6.45, 7) is 2.04. The van der Waals surface area contributed by atoms with Crippen LogP contribution in [0.1, 0.15) is 27.6 Å². The average Bonchev–Trinajstić information content (AvgIpc) is 2.84. The van der Waals surface area contributed by atoms with Gasteiger partial charge in [-0.15, -0.1) is 0 Å². The van der Waals surface area contributed by atoms with Crippen molar-refractivity contribution in [3.05, 3.63) is 83.9 Å². The van der Waals surface area contributed by atoms with Gasteiger partial charge in [-0.3, -0.25) is 9.59 Å². The van der Waals surface area contributed by atoms with E-state index in [-0.39, 0.29) is 5.91 Å². The Morgan fingerprint density at radius 2 is 1.45 bits per heavy atom. The Kier molecular flexibility index (Phi) is 8.02. The smallest absolute Gasteiger partial charge is 0.340 e. The minimum atomic E-state index is -0.601. The Labute approximate surface area is 191 Å². The van der Waals surface area contributed by atoms with Gasteiger partial charge in [0.15, 0.2) is 6.61 Å². The molecule has 3 N–H and O–H groups in total. The van der Waals surface area contributed by atoms with Gasteiger partial charge >= 0.3 is 5.97 Å². The van der Waals surface area contributed by atoms with Crippen LogP contribution >= 0.6 is 0 Å². The first-order valence-electron chi connectivity index (χ1n) is 10.4. The molecule has 0 atom stereocenters. The third kappa shape index (κ3) is 6.57. The second-order valence-corrected chi connectivity index (χ2v) is 6.91. The van der Waals surface area contributed by atoms with Gasteiger partial charge in [0.2, 0.25) is 0 Å². The lowest BCUT2D eigenvalue weighted by Crippen LogP contribution is -2.21. The molecule has 0 saturated carbocycles. The average molecular weight is 447 g/mol. The quantitative estimate of drug-likeness (QED) is 0.425. The summed E-state index contributed by atoms with van der Waals surface area (Å²) >= 11 is 0. The molecule has 0 fully saturated rings. The molecule has 0 aromatic heterocycles. The van der Waals surface area contributed by atoms with Gasteiger partial charge in [0.25, 0.3) is 11.8 Å². The summed E-state index contributed by atoms with van der Waals surface area (Å²) in [7, 11) is 1.70. The van der Waals surface area contributed by atoms with Gasteiger partial charge < -0.3 is 25.4 Å². The lowest BCUT2D eigenvalue weighted by atomic mass is 10.2. The predicted molar refractivity (Wildman–Crippen MR) is 127 cm³/mol. The maximum Gasteiger partial charge on any atom is 0.340 e. The Morgan fingerprint density at radius 3 is 2.12 bits per heavy atom. The van der Waals surface area contributed by atoms with Crippen molar-refractivity contribution in [3.8, 4) is 5.75 Å². The Morgan fingerprint density at radius 1 is 0.818 bits per heavy atom. The highest BCUT2D eigenvalue weighted by molar-refractivity contribution is 6.04. The molecule has 3 rings (SSSR count). The van der Waals surface area contributed by atoms with Gasteiger partial charge in [-0.25, -0.2) is 4.79 Å². The van der Waals surface area contributed by atoms with Crippen LogP contribution in [0.5, 0.6) is 5.75 Å². The zero-order chi connectivity index (χ0) is 23.6. The number of hydrogen-bond acceptors (Lipinski definition) is 6. The molecule has 0 unspecified atom stereocenters. The third-order valence-electron chi connectivity index (χ3n) is 4.60. The Hall–Kier alpha value is -4.33. The predicted octanol–water partition coefficient (Wildman–Crippen LogP) is 4.17. The number of hydrogen-bond donors (Lipinski definition) is 3. The number of benzene rings is 3. The van der Waals surface area contributed by atoms with Crippen LogP contribution in [0.4, 0.5) is 17.1 Å². The van der Waals surface area contributed by atoms with Crippen molar-refractivity contribution in [3.63, 3.8) is 0 Å². The van der Waals surface area contributed by atoms with Crippen LogP contribution in [0.25, 0.3) is 0 Å². The Bertz CT molecular complexity index is 1110. The zero-order valence-corrected chi connectivity index (χ0v) is 18.4. The maximum atomic E-state index is 12.4. The first-order valence-corrected chi connectivity index (χ1v) is 10.4. The number of nitrogens with one attached hydrogen (secondary N) is 3. The minimum absolute atomic E-state index is 0.283. The largest absolute Gasteiger partial charge is 0.494 e. The van der Waals surface area contributed by atoms with Crippen LogP contribution in [0.2, 0.25) is 0 Å². The van der Waals surface area contributed by atoms with Crippen LogP contribution < -0.4 is 20.7 Å². The fraction of sp³-hybridized carbons (Fsp3) is 0.160. The minimum Gasteiger partial charge on any atom is -0.494 e. The molecule has 0 bridgehead atoms. The topological polar surface area (TPSA) is 106 Å². The van der Waals surface area contributed by atoms with Crippen molar-refractivity contribution in [1.82, 2.24) is 0 Å². The number of anilines is 3. The van der Waals surface area contributed by atoms with Gasteiger partial charge in [-0.1, -0.05) is 12.1 Å². The van der Waals surface area contributed by atoms with Crippen molar-refractivity contribution >= 4 is 34.8 Å². The highest BCUT2D eigenvalue weighted by atomic mass is 16.5. The van der Waals surface area contributed by atoms with Gasteiger partial charge in [-0.05, 0) is 67.6 Å². The summed E-state index contributed by atoms with van der Waals surface area (Å²) < 4.78 is 10.5. The lowest BCUT2D eigenvalue weighted by Gasteiger charge is -2.10. The van der Waals surface area contributed by atoms with Crippen molar-refractivity contribution in [1.29, 1.82) is 0 Å². The van der Waals surface area contributed by atoms with E-state index in [0.29, 0.717) is 34.8 Å². The molecule has 0 saturated heterocycles. The molecule has 0 heterocycles. The molecule has 8 heteroatoms. The normalized spacial score (nSPS) is 10.1. The highest BCUT2D eigenvalue weighted by Gasteiger charge is 2.14. The SMILES string of the molecule is CCOc1ccc(NC(=O)c2ccc(NC(=O)COC(=O)c3ccccc3NC)cc2)cc1. The molecule has 2 amide bonds. The van der Waals surface area contributed by atoms with E-state index in [0.717, 1.165) is 5.75 Å². The number of rotatable bonds is 9. The molecule has 170 valence electrons. The van der Waals surface area contributed by atoms with E-state index in [1.807, 2.05) is 6.92 Å². The van der Waals surface area contributed by atoms with Crippen LogP contribution in [0, 0.1) is 0 Å².